The van der Waals surface area contributed by atoms with Crippen LogP contribution in [-0.4, -0.2) is 67.2 Å². The number of aromatic nitrogens is 4. The van der Waals surface area contributed by atoms with Crippen LogP contribution in [0.25, 0.3) is 22.3 Å². The molecule has 3 N–H and O–H groups in total. The Labute approximate surface area is 248 Å². The van der Waals surface area contributed by atoms with Crippen molar-refractivity contribution in [3.05, 3.63) is 77.8 Å². The molecule has 4 atom stereocenters. The van der Waals surface area contributed by atoms with Crippen molar-refractivity contribution in [2.24, 2.45) is 12.0 Å². The Morgan fingerprint density at radius 1 is 1.19 bits per heavy atom. The van der Waals surface area contributed by atoms with E-state index in [0.717, 1.165) is 22.3 Å². The van der Waals surface area contributed by atoms with Crippen molar-refractivity contribution >= 4 is 25.8 Å². The van der Waals surface area contributed by atoms with Gasteiger partial charge in [0.05, 0.1) is 31.4 Å². The van der Waals surface area contributed by atoms with Gasteiger partial charge < -0.3 is 28.6 Å². The highest BCUT2D eigenvalue weighted by molar-refractivity contribution is 7.43. The molecule has 13 nitrogen and oxygen atoms in total. The second-order valence-electron chi connectivity index (χ2n) is 10.2. The third kappa shape index (κ3) is 5.81. The predicted octanol–water partition coefficient (Wildman–Crippen LogP) is 3.01. The molecule has 1 fully saturated rings. The van der Waals surface area contributed by atoms with Crippen molar-refractivity contribution in [3.63, 3.8) is 0 Å². The molecule has 1 saturated heterocycles. The van der Waals surface area contributed by atoms with E-state index < -0.39 is 33.1 Å². The Hall–Kier alpha value is -4.02. The van der Waals surface area contributed by atoms with E-state index in [-0.39, 0.29) is 37.6 Å². The lowest BCUT2D eigenvalue weighted by Crippen LogP contribution is -2.28. The van der Waals surface area contributed by atoms with Gasteiger partial charge in [-0.25, -0.2) is 19.8 Å². The fourth-order valence-electron chi connectivity index (χ4n) is 5.58. The molecule has 14 heteroatoms. The lowest BCUT2D eigenvalue weighted by molar-refractivity contribution is -0.0392. The molecule has 0 saturated carbocycles. The molecular formula is C29H30N7O6P. The smallest absolute Gasteiger partial charge is 0.435 e. The molecule has 1 aliphatic carbocycles. The van der Waals surface area contributed by atoms with E-state index in [1.807, 2.05) is 30.3 Å². The van der Waals surface area contributed by atoms with E-state index >= 15 is 0 Å². The molecule has 6 rings (SSSR count). The molecule has 0 radical (unpaired) electrons. The lowest BCUT2D eigenvalue weighted by atomic mass is 9.98. The van der Waals surface area contributed by atoms with E-state index in [0.29, 0.717) is 17.6 Å². The summed E-state index contributed by atoms with van der Waals surface area (Å²) in [6.07, 6.45) is 0.936. The number of fused-ring (bicyclic) bond motifs is 4. The fourth-order valence-corrected chi connectivity index (χ4v) is 6.43. The van der Waals surface area contributed by atoms with E-state index in [9.17, 15) is 14.8 Å². The number of nitriles is 1. The zero-order valence-electron chi connectivity index (χ0n) is 23.3. The molecule has 1 amide bonds. The van der Waals surface area contributed by atoms with E-state index in [1.165, 1.54) is 12.7 Å². The van der Waals surface area contributed by atoms with Crippen LogP contribution in [0, 0.1) is 11.3 Å². The van der Waals surface area contributed by atoms with Gasteiger partial charge in [-0.15, -0.1) is 0 Å². The molecule has 1 unspecified atom stereocenters. The summed E-state index contributed by atoms with van der Waals surface area (Å²) in [5.74, 6) is -0.0902. The van der Waals surface area contributed by atoms with Crippen molar-refractivity contribution in [2.45, 2.75) is 37.2 Å². The number of imidazole rings is 1. The number of aliphatic hydroxyl groups excluding tert-OH is 1. The average molecular weight is 604 g/mol. The van der Waals surface area contributed by atoms with Gasteiger partial charge >= 0.3 is 6.09 Å². The molecule has 2 aromatic carbocycles. The number of hydrogen-bond donors (Lipinski definition) is 3. The molecule has 2 aromatic heterocycles. The van der Waals surface area contributed by atoms with Gasteiger partial charge in [0, 0.05) is 32.4 Å². The average Bonchev–Trinajstić information content (AvgIpc) is 3.71. The molecule has 2 aliphatic rings. The summed E-state index contributed by atoms with van der Waals surface area (Å²) in [5.41, 5.74) is 5.56. The number of amides is 1. The van der Waals surface area contributed by atoms with Crippen LogP contribution in [0.2, 0.25) is 0 Å². The Morgan fingerprint density at radius 3 is 2.60 bits per heavy atom. The molecule has 0 spiro atoms. The van der Waals surface area contributed by atoms with Crippen LogP contribution in [0.15, 0.2) is 66.2 Å². The van der Waals surface area contributed by atoms with Crippen molar-refractivity contribution in [1.82, 2.24) is 24.2 Å². The maximum atomic E-state index is 13.0. The first-order valence-corrected chi connectivity index (χ1v) is 15.0. The number of benzene rings is 2. The summed E-state index contributed by atoms with van der Waals surface area (Å²) in [7, 11) is -0.295. The normalized spacial score (nSPS) is 20.6. The molecule has 0 bridgehead atoms. The molecule has 4 aromatic rings. The largest absolute Gasteiger partial charge is 0.447 e. The Balaban J connectivity index is 1.19. The second-order valence-corrected chi connectivity index (χ2v) is 11.3. The van der Waals surface area contributed by atoms with Crippen LogP contribution < -0.4 is 10.6 Å². The number of carbonyl (C=O) groups is 1. The summed E-state index contributed by atoms with van der Waals surface area (Å²) in [6, 6.07) is 18.2. The first-order valence-electron chi connectivity index (χ1n) is 13.8. The van der Waals surface area contributed by atoms with E-state index in [2.05, 4.69) is 44.3 Å². The quantitative estimate of drug-likeness (QED) is 0.191. The van der Waals surface area contributed by atoms with Gasteiger partial charge in [0.2, 0.25) is 0 Å². The second kappa shape index (κ2) is 12.7. The SMILES string of the molecule is Cn1cnc2c(ncn2[C@H]2C[C@H](OP(O)NCCC#N)[C@@H](CO)O2)c1=NC(=O)OCC1c2ccccc2-c2ccccc21. The molecule has 3 heterocycles. The highest BCUT2D eigenvalue weighted by Gasteiger charge is 2.39. The third-order valence-corrected chi connectivity index (χ3v) is 8.55. The zero-order chi connectivity index (χ0) is 29.9. The molecule has 43 heavy (non-hydrogen) atoms. The number of rotatable bonds is 9. The van der Waals surface area contributed by atoms with Crippen molar-refractivity contribution in [2.75, 3.05) is 19.8 Å². The van der Waals surface area contributed by atoms with Crippen LogP contribution in [0.4, 0.5) is 4.79 Å². The van der Waals surface area contributed by atoms with E-state index in [4.69, 9.17) is 19.3 Å². The van der Waals surface area contributed by atoms with Gasteiger partial charge in [0.25, 0.3) is 8.53 Å². The minimum Gasteiger partial charge on any atom is -0.447 e. The number of nitrogens with one attached hydrogen (secondary N) is 1. The van der Waals surface area contributed by atoms with Gasteiger partial charge in [0.1, 0.15) is 18.9 Å². The lowest BCUT2D eigenvalue weighted by Gasteiger charge is -2.19. The van der Waals surface area contributed by atoms with Gasteiger partial charge in [-0.3, -0.25) is 4.57 Å². The topological polar surface area (TPSA) is 169 Å². The van der Waals surface area contributed by atoms with E-state index in [1.54, 1.807) is 16.2 Å². The molecular weight excluding hydrogens is 573 g/mol. The van der Waals surface area contributed by atoms with Crippen molar-refractivity contribution < 1.29 is 28.8 Å². The number of ether oxygens (including phenoxy) is 2. The van der Waals surface area contributed by atoms with Gasteiger partial charge in [-0.1, -0.05) is 48.5 Å². The standard InChI is InChI=1S/C29H30N7O6P/c1-35-16-32-27-26(31-17-36(27)25-13-23(24(14-37)41-25)42-43(39)33-12-6-11-30)28(35)34-29(38)40-15-22-20-9-4-2-7-18(20)19-8-3-5-10-21(19)22/h2-5,7-10,16-17,22-25,33,37,39H,6,12-15H2,1H3/t23-,24+,25+,43?/m0/s1. The zero-order valence-corrected chi connectivity index (χ0v) is 24.2. The minimum absolute atomic E-state index is 0.0902. The molecule has 222 valence electrons. The summed E-state index contributed by atoms with van der Waals surface area (Å²) in [4.78, 5) is 36.4. The van der Waals surface area contributed by atoms with Crippen LogP contribution in [0.5, 0.6) is 0 Å². The first-order chi connectivity index (χ1) is 21.0. The van der Waals surface area contributed by atoms with Gasteiger partial charge in [-0.2, -0.15) is 10.3 Å². The summed E-state index contributed by atoms with van der Waals surface area (Å²) < 4.78 is 20.6. The maximum absolute atomic E-state index is 13.0. The Kier molecular flexibility index (Phi) is 8.58. The maximum Gasteiger partial charge on any atom is 0.435 e. The highest BCUT2D eigenvalue weighted by Crippen LogP contribution is 2.44. The summed E-state index contributed by atoms with van der Waals surface area (Å²) in [6.45, 7) is 0.101. The number of aliphatic hydroxyl groups is 1. The monoisotopic (exact) mass is 603 g/mol. The number of nitrogens with zero attached hydrogens (tertiary/aromatic N) is 6. The summed E-state index contributed by atoms with van der Waals surface area (Å²) >= 11 is 0. The highest BCUT2D eigenvalue weighted by atomic mass is 31.2. The Bertz CT molecular complexity index is 1710. The van der Waals surface area contributed by atoms with Crippen LogP contribution in [0.3, 0.4) is 0 Å². The van der Waals surface area contributed by atoms with Crippen molar-refractivity contribution in [1.29, 1.82) is 5.26 Å². The summed E-state index contributed by atoms with van der Waals surface area (Å²) in [5, 5.41) is 21.3. The Morgan fingerprint density at radius 2 is 1.91 bits per heavy atom. The van der Waals surface area contributed by atoms with Crippen LogP contribution in [-0.2, 0) is 21.0 Å². The number of aryl methyl sites for hydroxylation is 1. The first kappa shape index (κ1) is 29.1. The van der Waals surface area contributed by atoms with Gasteiger partial charge in [0.15, 0.2) is 16.7 Å². The molecule has 1 aliphatic heterocycles. The fraction of sp³-hybridized carbons (Fsp3) is 0.345. The predicted molar refractivity (Wildman–Crippen MR) is 155 cm³/mol. The van der Waals surface area contributed by atoms with Gasteiger partial charge in [-0.05, 0) is 22.3 Å². The van der Waals surface area contributed by atoms with Crippen molar-refractivity contribution in [3.8, 4) is 17.2 Å². The van der Waals surface area contributed by atoms with Crippen LogP contribution >= 0.6 is 8.53 Å². The minimum atomic E-state index is -2.00. The number of hydrogen-bond acceptors (Lipinski definition) is 10. The third-order valence-electron chi connectivity index (χ3n) is 7.59. The number of carbonyl (C=O) groups excluding carboxylic acids is 1. The van der Waals surface area contributed by atoms with Crippen LogP contribution in [0.1, 0.15) is 36.1 Å².